The second kappa shape index (κ2) is 11.4. The van der Waals surface area contributed by atoms with E-state index >= 15 is 0 Å². The van der Waals surface area contributed by atoms with Gasteiger partial charge < -0.3 is 9.64 Å². The maximum Gasteiger partial charge on any atom is 0.253 e. The van der Waals surface area contributed by atoms with E-state index in [1.165, 1.54) is 11.6 Å². The normalized spacial score (nSPS) is 15.3. The van der Waals surface area contributed by atoms with Crippen LogP contribution in [0.3, 0.4) is 0 Å². The summed E-state index contributed by atoms with van der Waals surface area (Å²) in [6.45, 7) is 9.17. The van der Waals surface area contributed by atoms with Crippen LogP contribution in [0.15, 0.2) is 59.5 Å². The van der Waals surface area contributed by atoms with E-state index in [1.54, 1.807) is 37.8 Å². The minimum Gasteiger partial charge on any atom is -0.492 e. The molecule has 0 saturated carbocycles. The summed E-state index contributed by atoms with van der Waals surface area (Å²) in [4.78, 5) is 17.2. The SMILES string of the molecule is CCOc1ccc(C(=O)N2CCN(C/C=C/c3ccccc3)CC2)cc1S(=O)(=O)NC(C)C. The molecule has 1 heterocycles. The molecule has 1 fully saturated rings. The second-order valence-electron chi connectivity index (χ2n) is 8.28. The molecule has 0 bridgehead atoms. The predicted molar refractivity (Wildman–Crippen MR) is 131 cm³/mol. The predicted octanol–water partition coefficient (Wildman–Crippen LogP) is 3.24. The van der Waals surface area contributed by atoms with Gasteiger partial charge >= 0.3 is 0 Å². The maximum atomic E-state index is 13.1. The fraction of sp³-hybridized carbons (Fsp3) is 0.400. The molecule has 0 radical (unpaired) electrons. The van der Waals surface area contributed by atoms with E-state index < -0.39 is 10.0 Å². The molecule has 7 nitrogen and oxygen atoms in total. The zero-order valence-corrected chi connectivity index (χ0v) is 20.3. The van der Waals surface area contributed by atoms with Crippen LogP contribution in [0.1, 0.15) is 36.7 Å². The number of piperazine rings is 1. The van der Waals surface area contributed by atoms with Crippen molar-refractivity contribution in [3.63, 3.8) is 0 Å². The summed E-state index contributed by atoms with van der Waals surface area (Å²) in [6, 6.07) is 14.5. The van der Waals surface area contributed by atoms with Crippen molar-refractivity contribution in [1.29, 1.82) is 0 Å². The van der Waals surface area contributed by atoms with Crippen LogP contribution in [0.4, 0.5) is 0 Å². The number of hydrogen-bond acceptors (Lipinski definition) is 5. The van der Waals surface area contributed by atoms with E-state index in [4.69, 9.17) is 4.74 Å². The molecule has 2 aromatic carbocycles. The number of carbonyl (C=O) groups is 1. The van der Waals surface area contributed by atoms with Crippen molar-refractivity contribution >= 4 is 22.0 Å². The molecule has 0 spiro atoms. The average Bonchev–Trinajstić information content (AvgIpc) is 2.79. The van der Waals surface area contributed by atoms with E-state index in [9.17, 15) is 13.2 Å². The number of amides is 1. The van der Waals surface area contributed by atoms with Gasteiger partial charge in [0.2, 0.25) is 10.0 Å². The molecule has 2 aromatic rings. The van der Waals surface area contributed by atoms with E-state index in [-0.39, 0.29) is 22.6 Å². The van der Waals surface area contributed by atoms with Crippen molar-refractivity contribution < 1.29 is 17.9 Å². The van der Waals surface area contributed by atoms with Gasteiger partial charge in [0.1, 0.15) is 10.6 Å². The van der Waals surface area contributed by atoms with Gasteiger partial charge in [0, 0.05) is 44.3 Å². The Balaban J connectivity index is 1.65. The number of benzene rings is 2. The monoisotopic (exact) mass is 471 g/mol. The van der Waals surface area contributed by atoms with Crippen LogP contribution >= 0.6 is 0 Å². The third kappa shape index (κ3) is 6.90. The molecule has 0 atom stereocenters. The Morgan fingerprint density at radius 2 is 1.79 bits per heavy atom. The van der Waals surface area contributed by atoms with Crippen molar-refractivity contribution in [3.05, 3.63) is 65.7 Å². The lowest BCUT2D eigenvalue weighted by molar-refractivity contribution is 0.0650. The van der Waals surface area contributed by atoms with E-state index in [2.05, 4.69) is 33.9 Å². The van der Waals surface area contributed by atoms with Crippen LogP contribution < -0.4 is 9.46 Å². The summed E-state index contributed by atoms with van der Waals surface area (Å²) < 4.78 is 33.7. The molecule has 0 aromatic heterocycles. The highest BCUT2D eigenvalue weighted by atomic mass is 32.2. The number of hydrogen-bond donors (Lipinski definition) is 1. The molecular formula is C25H33N3O4S. The van der Waals surface area contributed by atoms with Gasteiger partial charge in [0.15, 0.2) is 0 Å². The summed E-state index contributed by atoms with van der Waals surface area (Å²) in [6.07, 6.45) is 4.24. The summed E-state index contributed by atoms with van der Waals surface area (Å²) in [5.41, 5.74) is 1.51. The summed E-state index contributed by atoms with van der Waals surface area (Å²) in [5.74, 6) is 0.0794. The Labute approximate surface area is 197 Å². The fourth-order valence-corrected chi connectivity index (χ4v) is 5.14. The minimum atomic E-state index is -3.80. The maximum absolute atomic E-state index is 13.1. The largest absolute Gasteiger partial charge is 0.492 e. The van der Waals surface area contributed by atoms with Gasteiger partial charge in [-0.3, -0.25) is 9.69 Å². The molecular weight excluding hydrogens is 438 g/mol. The van der Waals surface area contributed by atoms with Gasteiger partial charge in [-0.25, -0.2) is 13.1 Å². The first-order valence-corrected chi connectivity index (χ1v) is 12.8. The molecule has 8 heteroatoms. The topological polar surface area (TPSA) is 79.0 Å². The van der Waals surface area contributed by atoms with Crippen LogP contribution in [-0.2, 0) is 10.0 Å². The molecule has 1 saturated heterocycles. The molecule has 1 aliphatic rings. The number of sulfonamides is 1. The van der Waals surface area contributed by atoms with Gasteiger partial charge in [-0.2, -0.15) is 0 Å². The van der Waals surface area contributed by atoms with Crippen LogP contribution in [0, 0.1) is 0 Å². The lowest BCUT2D eigenvalue weighted by atomic mass is 10.1. The second-order valence-corrected chi connectivity index (χ2v) is 9.96. The number of ether oxygens (including phenoxy) is 1. The van der Waals surface area contributed by atoms with Gasteiger partial charge in [-0.1, -0.05) is 42.5 Å². The Morgan fingerprint density at radius 1 is 1.09 bits per heavy atom. The third-order valence-corrected chi connectivity index (χ3v) is 6.98. The third-order valence-electron chi connectivity index (χ3n) is 5.30. The standard InChI is InChI=1S/C25H33N3O4S/c1-4-32-23-13-12-22(19-24(23)33(30,31)26-20(2)3)25(29)28-17-15-27(16-18-28)14-8-11-21-9-6-5-7-10-21/h5-13,19-20,26H,4,14-18H2,1-3H3/b11-8+. The van der Waals surface area contributed by atoms with Gasteiger partial charge in [-0.05, 0) is 44.5 Å². The summed E-state index contributed by atoms with van der Waals surface area (Å²) in [5, 5.41) is 0. The van der Waals surface area contributed by atoms with Crippen LogP contribution in [0.2, 0.25) is 0 Å². The number of nitrogens with one attached hydrogen (secondary N) is 1. The van der Waals surface area contributed by atoms with E-state index in [0.717, 1.165) is 19.6 Å². The highest BCUT2D eigenvalue weighted by Gasteiger charge is 2.26. The zero-order valence-electron chi connectivity index (χ0n) is 19.5. The Bertz CT molecular complexity index is 1060. The molecule has 1 N–H and O–H groups in total. The van der Waals surface area contributed by atoms with E-state index in [0.29, 0.717) is 25.3 Å². The molecule has 3 rings (SSSR count). The van der Waals surface area contributed by atoms with Gasteiger partial charge in [0.05, 0.1) is 6.61 Å². The van der Waals surface area contributed by atoms with Gasteiger partial charge in [-0.15, -0.1) is 0 Å². The van der Waals surface area contributed by atoms with Crippen LogP contribution in [0.5, 0.6) is 5.75 Å². The molecule has 0 unspecified atom stereocenters. The number of nitrogens with zero attached hydrogens (tertiary/aromatic N) is 2. The van der Waals surface area contributed by atoms with Gasteiger partial charge in [0.25, 0.3) is 5.91 Å². The Kier molecular flexibility index (Phi) is 8.66. The quantitative estimate of drug-likeness (QED) is 0.607. The van der Waals surface area contributed by atoms with Crippen LogP contribution in [-0.4, -0.2) is 69.5 Å². The first-order chi connectivity index (χ1) is 15.8. The summed E-state index contributed by atoms with van der Waals surface area (Å²) >= 11 is 0. The first-order valence-electron chi connectivity index (χ1n) is 11.3. The minimum absolute atomic E-state index is 0.00594. The van der Waals surface area contributed by atoms with Crippen molar-refractivity contribution in [2.45, 2.75) is 31.7 Å². The highest BCUT2D eigenvalue weighted by Crippen LogP contribution is 2.26. The van der Waals surface area contributed by atoms with Crippen LogP contribution in [0.25, 0.3) is 6.08 Å². The molecule has 1 amide bonds. The Hall–Kier alpha value is -2.68. The average molecular weight is 472 g/mol. The molecule has 1 aliphatic heterocycles. The molecule has 33 heavy (non-hydrogen) atoms. The van der Waals surface area contributed by atoms with Crippen molar-refractivity contribution in [2.24, 2.45) is 0 Å². The Morgan fingerprint density at radius 3 is 2.42 bits per heavy atom. The smallest absolute Gasteiger partial charge is 0.253 e. The van der Waals surface area contributed by atoms with Crippen molar-refractivity contribution in [3.8, 4) is 5.75 Å². The van der Waals surface area contributed by atoms with Crippen molar-refractivity contribution in [1.82, 2.24) is 14.5 Å². The summed E-state index contributed by atoms with van der Waals surface area (Å²) in [7, 11) is -3.80. The van der Waals surface area contributed by atoms with E-state index in [1.807, 2.05) is 18.2 Å². The van der Waals surface area contributed by atoms with Crippen molar-refractivity contribution in [2.75, 3.05) is 39.3 Å². The zero-order chi connectivity index (χ0) is 23.8. The first kappa shape index (κ1) is 25.0. The lowest BCUT2D eigenvalue weighted by Crippen LogP contribution is -2.48. The lowest BCUT2D eigenvalue weighted by Gasteiger charge is -2.34. The highest BCUT2D eigenvalue weighted by molar-refractivity contribution is 7.89. The number of rotatable bonds is 9. The number of carbonyl (C=O) groups excluding carboxylic acids is 1. The molecule has 0 aliphatic carbocycles. The fourth-order valence-electron chi connectivity index (χ4n) is 3.72. The molecule has 178 valence electrons.